The van der Waals surface area contributed by atoms with Crippen LogP contribution in [0.15, 0.2) is 85.1 Å². The normalized spacial score (nSPS) is 13.6. The summed E-state index contributed by atoms with van der Waals surface area (Å²) in [5.41, 5.74) is 0. The number of ether oxygens (including phenoxy) is 3. The fourth-order valence-electron chi connectivity index (χ4n) is 6.91. The molecular weight excluding hydrogens is 787 g/mol. The molecule has 0 spiro atoms. The van der Waals surface area contributed by atoms with E-state index in [9.17, 15) is 19.5 Å². The van der Waals surface area contributed by atoms with Crippen molar-refractivity contribution < 1.29 is 38.2 Å². The van der Waals surface area contributed by atoms with E-state index >= 15 is 0 Å². The number of esters is 2. The van der Waals surface area contributed by atoms with E-state index in [1.54, 1.807) is 21.1 Å². The van der Waals surface area contributed by atoms with Crippen LogP contribution in [-0.2, 0) is 28.6 Å². The minimum atomic E-state index is -1.14. The Morgan fingerprint density at radius 1 is 0.492 bits per heavy atom. The zero-order valence-electron chi connectivity index (χ0n) is 41.0. The lowest BCUT2D eigenvalue weighted by molar-refractivity contribution is -0.889. The Hall–Kier alpha value is -3.49. The topological polar surface area (TPSA) is 102 Å². The number of hydrogen-bond acceptors (Lipinski definition) is 7. The number of likely N-dealkylation sites (N-methyl/N-ethyl adjacent to an activating group) is 1. The highest BCUT2D eigenvalue weighted by molar-refractivity contribution is 5.70. The van der Waals surface area contributed by atoms with Crippen molar-refractivity contribution in [3.8, 4) is 0 Å². The molecular formula is C55H93NO7. The number of carbonyl (C=O) groups excluding carboxylic acids is 3. The SMILES string of the molecule is CC/C=C/C/C=C/C/C=C/C/C=C/C/C=C/C/C=C/CCC(=O)OC(COCCC(C(=O)[O-])[N+](C)(C)C)COC(=O)CCCCCCCCC/C=C/CCCCCCCCCCC. The molecule has 0 fully saturated rings. The van der Waals surface area contributed by atoms with E-state index < -0.39 is 24.1 Å². The molecule has 360 valence electrons. The lowest BCUT2D eigenvalue weighted by atomic mass is 10.1. The summed E-state index contributed by atoms with van der Waals surface area (Å²) in [5, 5.41) is 11.7. The van der Waals surface area contributed by atoms with Gasteiger partial charge in [-0.3, -0.25) is 9.59 Å². The van der Waals surface area contributed by atoms with Crippen LogP contribution in [0.5, 0.6) is 0 Å². The van der Waals surface area contributed by atoms with Gasteiger partial charge in [-0.15, -0.1) is 0 Å². The van der Waals surface area contributed by atoms with Gasteiger partial charge in [0.15, 0.2) is 6.10 Å². The quantitative estimate of drug-likeness (QED) is 0.0260. The fraction of sp³-hybridized carbons (Fsp3) is 0.691. The van der Waals surface area contributed by atoms with Crippen LogP contribution in [0, 0.1) is 0 Å². The first kappa shape index (κ1) is 59.5. The summed E-state index contributed by atoms with van der Waals surface area (Å²) in [5.74, 6) is -1.85. The van der Waals surface area contributed by atoms with Crippen LogP contribution in [0.25, 0.3) is 0 Å². The van der Waals surface area contributed by atoms with Crippen LogP contribution >= 0.6 is 0 Å². The molecule has 0 aromatic rings. The van der Waals surface area contributed by atoms with Crippen LogP contribution < -0.4 is 5.11 Å². The Morgan fingerprint density at radius 2 is 0.921 bits per heavy atom. The zero-order valence-corrected chi connectivity index (χ0v) is 41.0. The molecule has 8 nitrogen and oxygen atoms in total. The van der Waals surface area contributed by atoms with Gasteiger partial charge in [-0.1, -0.05) is 182 Å². The molecule has 0 aromatic carbocycles. The van der Waals surface area contributed by atoms with Crippen molar-refractivity contribution in [2.24, 2.45) is 0 Å². The number of nitrogens with zero attached hydrogens (tertiary/aromatic N) is 1. The Morgan fingerprint density at radius 3 is 1.38 bits per heavy atom. The second-order valence-electron chi connectivity index (χ2n) is 17.7. The Kier molecular flexibility index (Phi) is 42.6. The van der Waals surface area contributed by atoms with Gasteiger partial charge in [-0.05, 0) is 77.0 Å². The van der Waals surface area contributed by atoms with E-state index in [1.807, 2.05) is 12.2 Å². The molecule has 0 rings (SSSR count). The number of allylic oxidation sites excluding steroid dienone is 14. The van der Waals surface area contributed by atoms with Crippen molar-refractivity contribution in [1.82, 2.24) is 0 Å². The molecule has 0 aliphatic carbocycles. The maximum atomic E-state index is 12.7. The predicted octanol–water partition coefficient (Wildman–Crippen LogP) is 13.1. The number of carboxylic acid groups (broad SMARTS) is 1. The molecule has 0 aromatic heterocycles. The molecule has 0 saturated heterocycles. The fourth-order valence-corrected chi connectivity index (χ4v) is 6.91. The van der Waals surface area contributed by atoms with E-state index in [1.165, 1.54) is 96.3 Å². The van der Waals surface area contributed by atoms with Gasteiger partial charge in [-0.25, -0.2) is 0 Å². The van der Waals surface area contributed by atoms with Crippen molar-refractivity contribution in [2.45, 2.75) is 206 Å². The number of hydrogen-bond donors (Lipinski definition) is 0. The average Bonchev–Trinajstić information content (AvgIpc) is 3.24. The highest BCUT2D eigenvalue weighted by Gasteiger charge is 2.25. The summed E-state index contributed by atoms with van der Waals surface area (Å²) in [4.78, 5) is 37.0. The first-order valence-electron chi connectivity index (χ1n) is 25.1. The van der Waals surface area contributed by atoms with E-state index in [0.717, 1.165) is 57.8 Å². The van der Waals surface area contributed by atoms with Gasteiger partial charge in [0, 0.05) is 19.3 Å². The lowest BCUT2D eigenvalue weighted by Gasteiger charge is -2.34. The van der Waals surface area contributed by atoms with E-state index in [0.29, 0.717) is 12.8 Å². The van der Waals surface area contributed by atoms with Gasteiger partial charge in [0.1, 0.15) is 12.6 Å². The van der Waals surface area contributed by atoms with Crippen LogP contribution in [0.4, 0.5) is 0 Å². The highest BCUT2D eigenvalue weighted by Crippen LogP contribution is 2.14. The van der Waals surface area contributed by atoms with Gasteiger partial charge < -0.3 is 28.6 Å². The minimum Gasteiger partial charge on any atom is -0.544 e. The number of aliphatic carboxylic acids is 1. The van der Waals surface area contributed by atoms with Crippen molar-refractivity contribution >= 4 is 17.9 Å². The standard InChI is InChI=1S/C55H93NO7/c1-6-8-10-12-14-16-18-20-22-24-26-28-29-31-33-35-37-39-41-43-45-53(57)62-50-51(49-61-48-47-52(55(59)60)56(3,4)5)63-54(58)46-44-42-40-38-36-34-32-30-27-25-23-21-19-17-15-13-11-9-7-2/h9,11,15,17,21,23,26-28,30,34,36,40,42,51-52H,6-8,10,12-14,16,18-20,22,24-25,29,31-33,35,37-39,41,43-50H2,1-5H3/b11-9+,17-15+,23-21+,28-26+,30-27+,36-34+,42-40+. The van der Waals surface area contributed by atoms with Crippen LogP contribution in [0.2, 0.25) is 0 Å². The average molecular weight is 880 g/mol. The lowest BCUT2D eigenvalue weighted by Crippen LogP contribution is -2.55. The molecule has 0 radical (unpaired) electrons. The van der Waals surface area contributed by atoms with Gasteiger partial charge in [-0.2, -0.15) is 0 Å². The number of carbonyl (C=O) groups is 3. The Balaban J connectivity index is 4.39. The third-order valence-corrected chi connectivity index (χ3v) is 10.8. The summed E-state index contributed by atoms with van der Waals surface area (Å²) in [6.45, 7) is 4.47. The largest absolute Gasteiger partial charge is 0.544 e. The third-order valence-electron chi connectivity index (χ3n) is 10.8. The predicted molar refractivity (Wildman–Crippen MR) is 263 cm³/mol. The summed E-state index contributed by atoms with van der Waals surface area (Å²) in [6.07, 6.45) is 59.2. The molecule has 0 bridgehead atoms. The van der Waals surface area contributed by atoms with Crippen LogP contribution in [0.3, 0.4) is 0 Å². The molecule has 63 heavy (non-hydrogen) atoms. The smallest absolute Gasteiger partial charge is 0.306 e. The van der Waals surface area contributed by atoms with E-state index in [-0.39, 0.29) is 43.1 Å². The molecule has 2 unspecified atom stereocenters. The van der Waals surface area contributed by atoms with Gasteiger partial charge in [0.2, 0.25) is 0 Å². The molecule has 0 amide bonds. The third kappa shape index (κ3) is 43.5. The van der Waals surface area contributed by atoms with Crippen molar-refractivity contribution in [3.05, 3.63) is 85.1 Å². The number of rotatable bonds is 44. The Bertz CT molecular complexity index is 1300. The van der Waals surface area contributed by atoms with Gasteiger partial charge in [0.05, 0.1) is 40.3 Å². The molecule has 0 saturated carbocycles. The van der Waals surface area contributed by atoms with Crippen molar-refractivity contribution in [1.29, 1.82) is 0 Å². The number of carboxylic acids is 1. The Labute approximate surface area is 386 Å². The molecule has 0 heterocycles. The number of unbranched alkanes of at least 4 members (excludes halogenated alkanes) is 16. The summed E-state index contributed by atoms with van der Waals surface area (Å²) in [7, 11) is 5.38. The second-order valence-corrected chi connectivity index (χ2v) is 17.7. The highest BCUT2D eigenvalue weighted by atomic mass is 16.6. The van der Waals surface area contributed by atoms with Crippen LogP contribution in [0.1, 0.15) is 194 Å². The maximum Gasteiger partial charge on any atom is 0.306 e. The monoisotopic (exact) mass is 880 g/mol. The minimum absolute atomic E-state index is 0.00490. The van der Waals surface area contributed by atoms with Gasteiger partial charge >= 0.3 is 11.9 Å². The van der Waals surface area contributed by atoms with Gasteiger partial charge in [0.25, 0.3) is 0 Å². The van der Waals surface area contributed by atoms with E-state index in [4.69, 9.17) is 14.2 Å². The first-order chi connectivity index (χ1) is 30.6. The first-order valence-corrected chi connectivity index (χ1v) is 25.1. The van der Waals surface area contributed by atoms with Crippen molar-refractivity contribution in [3.63, 3.8) is 0 Å². The van der Waals surface area contributed by atoms with E-state index in [2.05, 4.69) is 86.8 Å². The molecule has 0 aliphatic rings. The molecule has 0 aliphatic heterocycles. The number of quaternary nitrogens is 1. The van der Waals surface area contributed by atoms with Crippen molar-refractivity contribution in [2.75, 3.05) is 41.0 Å². The summed E-state index contributed by atoms with van der Waals surface area (Å²) < 4.78 is 17.1. The summed E-state index contributed by atoms with van der Waals surface area (Å²) >= 11 is 0. The maximum absolute atomic E-state index is 12.7. The molecule has 2 atom stereocenters. The van der Waals surface area contributed by atoms with Crippen LogP contribution in [-0.4, -0.2) is 75.5 Å². The second kappa shape index (κ2) is 45.1. The molecule has 0 N–H and O–H groups in total. The molecule has 8 heteroatoms. The summed E-state index contributed by atoms with van der Waals surface area (Å²) in [6, 6.07) is -0.744. The zero-order chi connectivity index (χ0) is 46.3.